The number of hydrogen-bond donors (Lipinski definition) is 2. The van der Waals surface area contributed by atoms with Crippen LogP contribution in [-0.4, -0.2) is 19.3 Å². The highest BCUT2D eigenvalue weighted by Crippen LogP contribution is 2.34. The van der Waals surface area contributed by atoms with Crippen LogP contribution in [0.15, 0.2) is 50.4 Å². The van der Waals surface area contributed by atoms with Crippen molar-refractivity contribution in [1.29, 1.82) is 0 Å². The smallest absolute Gasteiger partial charge is 0.274 e. The zero-order valence-electron chi connectivity index (χ0n) is 14.4. The Morgan fingerprint density at radius 3 is 2.78 bits per heavy atom. The first-order chi connectivity index (χ1) is 12.7. The molecule has 1 amide bonds. The molecule has 2 aromatic heterocycles. The molecule has 7 nitrogen and oxygen atoms in total. The molecule has 0 aliphatic carbocycles. The lowest BCUT2D eigenvalue weighted by Gasteiger charge is -2.05. The van der Waals surface area contributed by atoms with Crippen molar-refractivity contribution in [3.8, 4) is 10.6 Å². The van der Waals surface area contributed by atoms with Crippen LogP contribution in [0.4, 0.5) is 5.13 Å². The summed E-state index contributed by atoms with van der Waals surface area (Å²) in [6.45, 7) is 3.30. The summed E-state index contributed by atoms with van der Waals surface area (Å²) in [6.07, 6.45) is 0. The van der Waals surface area contributed by atoms with Crippen LogP contribution in [0.5, 0.6) is 0 Å². The number of nitrogens with one attached hydrogen (secondary N) is 2. The van der Waals surface area contributed by atoms with Crippen molar-refractivity contribution in [2.24, 2.45) is 0 Å². The van der Waals surface area contributed by atoms with E-state index in [2.05, 4.69) is 31.0 Å². The standard InChI is InChI=1S/C17H16BrN3O4S2/c1-10-16(26-17(20-10)21-11(2)22)14-6-7-15(25-14)27(23,24)19-9-12-4-3-5-13(18)8-12/h3-8,19H,9H2,1-2H3,(H,20,21,22). The fraction of sp³-hybridized carbons (Fsp3) is 0.176. The molecule has 0 saturated carbocycles. The Balaban J connectivity index is 1.78. The lowest BCUT2D eigenvalue weighted by molar-refractivity contribution is -0.114. The van der Waals surface area contributed by atoms with Crippen molar-refractivity contribution in [1.82, 2.24) is 9.71 Å². The van der Waals surface area contributed by atoms with Gasteiger partial charge in [0, 0.05) is 17.9 Å². The second kappa shape index (κ2) is 7.93. The van der Waals surface area contributed by atoms with E-state index in [1.807, 2.05) is 24.3 Å². The Morgan fingerprint density at radius 1 is 1.30 bits per heavy atom. The minimum atomic E-state index is -3.80. The van der Waals surface area contributed by atoms with Gasteiger partial charge in [-0.1, -0.05) is 39.4 Å². The summed E-state index contributed by atoms with van der Waals surface area (Å²) in [5, 5.41) is 2.86. The van der Waals surface area contributed by atoms with Crippen LogP contribution in [0.25, 0.3) is 10.6 Å². The largest absolute Gasteiger partial charge is 0.442 e. The van der Waals surface area contributed by atoms with Crippen LogP contribution < -0.4 is 10.0 Å². The number of halogens is 1. The Morgan fingerprint density at radius 2 is 2.07 bits per heavy atom. The van der Waals surface area contributed by atoms with Gasteiger partial charge in [0.15, 0.2) is 5.13 Å². The second-order valence-corrected chi connectivity index (χ2v) is 9.30. The maximum atomic E-state index is 12.5. The first kappa shape index (κ1) is 19.7. The molecule has 0 atom stereocenters. The lowest BCUT2D eigenvalue weighted by Crippen LogP contribution is -2.22. The Labute approximate surface area is 169 Å². The predicted molar refractivity (Wildman–Crippen MR) is 107 cm³/mol. The fourth-order valence-corrected chi connectivity index (χ4v) is 4.68. The Kier molecular flexibility index (Phi) is 5.80. The van der Waals surface area contributed by atoms with E-state index in [0.717, 1.165) is 10.0 Å². The average Bonchev–Trinajstić information content (AvgIpc) is 3.20. The summed E-state index contributed by atoms with van der Waals surface area (Å²) in [7, 11) is -3.80. The number of benzene rings is 1. The van der Waals surface area contributed by atoms with Crippen molar-refractivity contribution >= 4 is 48.3 Å². The molecule has 0 radical (unpaired) electrons. The molecule has 10 heteroatoms. The van der Waals surface area contributed by atoms with E-state index in [0.29, 0.717) is 21.5 Å². The molecule has 2 N–H and O–H groups in total. The van der Waals surface area contributed by atoms with E-state index in [1.165, 1.54) is 24.3 Å². The number of anilines is 1. The van der Waals surface area contributed by atoms with Gasteiger partial charge in [0.05, 0.1) is 10.6 Å². The molecule has 0 aliphatic heterocycles. The number of carbonyl (C=O) groups is 1. The zero-order valence-corrected chi connectivity index (χ0v) is 17.7. The second-order valence-electron chi connectivity index (χ2n) is 5.69. The van der Waals surface area contributed by atoms with Crippen molar-refractivity contribution < 1.29 is 17.6 Å². The van der Waals surface area contributed by atoms with Crippen molar-refractivity contribution in [2.45, 2.75) is 25.5 Å². The predicted octanol–water partition coefficient (Wildman–Crippen LogP) is 3.91. The minimum Gasteiger partial charge on any atom is -0.442 e. The van der Waals surface area contributed by atoms with E-state index in [4.69, 9.17) is 4.42 Å². The topological polar surface area (TPSA) is 101 Å². The molecular weight excluding hydrogens is 454 g/mol. The first-order valence-corrected chi connectivity index (χ1v) is 10.9. The van der Waals surface area contributed by atoms with Crippen molar-refractivity contribution in [2.75, 3.05) is 5.32 Å². The number of sulfonamides is 1. The summed E-state index contributed by atoms with van der Waals surface area (Å²) < 4.78 is 33.9. The normalized spacial score (nSPS) is 11.5. The molecule has 3 aromatic rings. The molecular formula is C17H16BrN3O4S2. The van der Waals surface area contributed by atoms with Crippen molar-refractivity contribution in [3.63, 3.8) is 0 Å². The number of furan rings is 1. The van der Waals surface area contributed by atoms with Crippen LogP contribution >= 0.6 is 27.3 Å². The Hall–Kier alpha value is -2.01. The van der Waals surface area contributed by atoms with Gasteiger partial charge in [-0.25, -0.2) is 18.1 Å². The van der Waals surface area contributed by atoms with Crippen LogP contribution in [-0.2, 0) is 21.4 Å². The third-order valence-electron chi connectivity index (χ3n) is 3.50. The highest BCUT2D eigenvalue weighted by molar-refractivity contribution is 9.10. The first-order valence-electron chi connectivity index (χ1n) is 7.84. The molecule has 27 heavy (non-hydrogen) atoms. The number of aryl methyl sites for hydroxylation is 1. The van der Waals surface area contributed by atoms with Gasteiger partial charge in [-0.2, -0.15) is 0 Å². The van der Waals surface area contributed by atoms with Gasteiger partial charge in [0.1, 0.15) is 5.76 Å². The molecule has 0 bridgehead atoms. The molecule has 3 rings (SSSR count). The quantitative estimate of drug-likeness (QED) is 0.569. The number of rotatable bonds is 6. The van der Waals surface area contributed by atoms with Gasteiger partial charge in [-0.3, -0.25) is 4.79 Å². The van der Waals surface area contributed by atoms with Gasteiger partial charge < -0.3 is 9.73 Å². The number of aromatic nitrogens is 1. The van der Waals surface area contributed by atoms with E-state index >= 15 is 0 Å². The maximum Gasteiger partial charge on any atom is 0.274 e. The van der Waals surface area contributed by atoms with E-state index in [1.54, 1.807) is 13.0 Å². The highest BCUT2D eigenvalue weighted by atomic mass is 79.9. The summed E-state index contributed by atoms with van der Waals surface area (Å²) in [5.41, 5.74) is 1.46. The molecule has 0 fully saturated rings. The van der Waals surface area contributed by atoms with Crippen molar-refractivity contribution in [3.05, 3.63) is 52.1 Å². The van der Waals surface area contributed by atoms with Crippen LogP contribution in [0, 0.1) is 6.92 Å². The lowest BCUT2D eigenvalue weighted by atomic mass is 10.2. The third kappa shape index (κ3) is 4.83. The molecule has 0 saturated heterocycles. The average molecular weight is 470 g/mol. The van der Waals surface area contributed by atoms with Gasteiger partial charge in [0.25, 0.3) is 10.0 Å². The Bertz CT molecular complexity index is 1090. The number of amides is 1. The minimum absolute atomic E-state index is 0.143. The molecule has 142 valence electrons. The summed E-state index contributed by atoms with van der Waals surface area (Å²) in [4.78, 5) is 16.1. The van der Waals surface area contributed by atoms with Crippen LogP contribution in [0.1, 0.15) is 18.2 Å². The molecule has 2 heterocycles. The van der Waals surface area contributed by atoms with Gasteiger partial charge in [0.2, 0.25) is 11.0 Å². The highest BCUT2D eigenvalue weighted by Gasteiger charge is 2.21. The van der Waals surface area contributed by atoms with Gasteiger partial charge in [-0.15, -0.1) is 0 Å². The summed E-state index contributed by atoms with van der Waals surface area (Å²) in [5.74, 6) is 0.152. The number of nitrogens with zero attached hydrogens (tertiary/aromatic N) is 1. The molecule has 0 unspecified atom stereocenters. The zero-order chi connectivity index (χ0) is 19.6. The molecule has 0 aliphatic rings. The molecule has 0 spiro atoms. The summed E-state index contributed by atoms with van der Waals surface area (Å²) >= 11 is 4.57. The van der Waals surface area contributed by atoms with E-state index in [-0.39, 0.29) is 17.5 Å². The molecule has 1 aromatic carbocycles. The maximum absolute atomic E-state index is 12.5. The monoisotopic (exact) mass is 469 g/mol. The number of carbonyl (C=O) groups excluding carboxylic acids is 1. The third-order valence-corrected chi connectivity index (χ3v) is 6.36. The van der Waals surface area contributed by atoms with Gasteiger partial charge in [-0.05, 0) is 36.8 Å². The van der Waals surface area contributed by atoms with E-state index in [9.17, 15) is 13.2 Å². The van der Waals surface area contributed by atoms with Crippen LogP contribution in [0.2, 0.25) is 0 Å². The number of hydrogen-bond acceptors (Lipinski definition) is 6. The fourth-order valence-electron chi connectivity index (χ4n) is 2.31. The van der Waals surface area contributed by atoms with Gasteiger partial charge >= 0.3 is 0 Å². The SMILES string of the molecule is CC(=O)Nc1nc(C)c(-c2ccc(S(=O)(=O)NCc3cccc(Br)c3)o2)s1. The van der Waals surface area contributed by atoms with E-state index < -0.39 is 10.0 Å². The van der Waals surface area contributed by atoms with Crippen LogP contribution in [0.3, 0.4) is 0 Å². The number of thiazole rings is 1. The summed E-state index contributed by atoms with van der Waals surface area (Å²) in [6, 6.07) is 10.3.